The molecule has 0 saturated heterocycles. The molecule has 0 heterocycles. The van der Waals surface area contributed by atoms with Crippen LogP contribution in [-0.2, 0) is 14.8 Å². The molecule has 102 valence electrons. The van der Waals surface area contributed by atoms with Gasteiger partial charge in [0.25, 0.3) is 0 Å². The van der Waals surface area contributed by atoms with Crippen LogP contribution in [0.3, 0.4) is 0 Å². The van der Waals surface area contributed by atoms with Gasteiger partial charge in [0.1, 0.15) is 0 Å². The van der Waals surface area contributed by atoms with Gasteiger partial charge in [-0.1, -0.05) is 12.1 Å². The van der Waals surface area contributed by atoms with E-state index in [0.29, 0.717) is 0 Å². The number of nitrogens with zero attached hydrogens (tertiary/aromatic N) is 1. The number of nitriles is 1. The summed E-state index contributed by atoms with van der Waals surface area (Å²) in [6.45, 7) is 1.57. The Hall–Kier alpha value is -1.91. The molecular weight excluding hydrogens is 268 g/mol. The number of sulfonamides is 1. The number of esters is 1. The average Bonchev–Trinajstić information content (AvgIpc) is 2.43. The molecule has 1 atom stereocenters. The molecule has 1 aromatic rings. The molecule has 1 N–H and O–H groups in total. The lowest BCUT2D eigenvalue weighted by Gasteiger charge is -2.10. The predicted octanol–water partition coefficient (Wildman–Crippen LogP) is 0.911. The van der Waals surface area contributed by atoms with Crippen LogP contribution < -0.4 is 4.72 Å². The summed E-state index contributed by atoms with van der Waals surface area (Å²) < 4.78 is 31.0. The molecule has 0 radical (unpaired) electrons. The van der Waals surface area contributed by atoms with Crippen molar-refractivity contribution < 1.29 is 17.9 Å². The van der Waals surface area contributed by atoms with Crippen LogP contribution >= 0.6 is 0 Å². The van der Waals surface area contributed by atoms with Crippen molar-refractivity contribution in [3.05, 3.63) is 29.8 Å². The Bertz CT molecular complexity index is 604. The largest absolute Gasteiger partial charge is 0.465 e. The number of benzene rings is 1. The van der Waals surface area contributed by atoms with Crippen LogP contribution in [0.15, 0.2) is 29.2 Å². The van der Waals surface area contributed by atoms with Gasteiger partial charge in [-0.05, 0) is 19.1 Å². The Kier molecular flexibility index (Phi) is 5.03. The van der Waals surface area contributed by atoms with Gasteiger partial charge in [-0.2, -0.15) is 5.26 Å². The third-order valence-corrected chi connectivity index (χ3v) is 3.86. The number of ether oxygens (including phenoxy) is 1. The minimum absolute atomic E-state index is 0.0195. The molecule has 0 aliphatic rings. The number of rotatable bonds is 5. The smallest absolute Gasteiger partial charge is 0.339 e. The van der Waals surface area contributed by atoms with E-state index >= 15 is 0 Å². The maximum Gasteiger partial charge on any atom is 0.339 e. The van der Waals surface area contributed by atoms with E-state index in [0.717, 1.165) is 0 Å². The van der Waals surface area contributed by atoms with E-state index in [2.05, 4.69) is 9.46 Å². The predicted molar refractivity (Wildman–Crippen MR) is 67.7 cm³/mol. The van der Waals surface area contributed by atoms with E-state index in [4.69, 9.17) is 5.26 Å². The molecule has 7 heteroatoms. The molecule has 0 spiro atoms. The van der Waals surface area contributed by atoms with Crippen LogP contribution in [-0.4, -0.2) is 28.0 Å². The summed E-state index contributed by atoms with van der Waals surface area (Å²) in [6, 6.07) is 7.65. The van der Waals surface area contributed by atoms with Crippen LogP contribution in [0, 0.1) is 17.2 Å². The first-order valence-electron chi connectivity index (χ1n) is 5.49. The first-order valence-corrected chi connectivity index (χ1v) is 6.97. The molecule has 0 aliphatic carbocycles. The van der Waals surface area contributed by atoms with Gasteiger partial charge in [-0.25, -0.2) is 17.9 Å². The molecule has 0 aliphatic heterocycles. The Labute approximate surface area is 112 Å². The topological polar surface area (TPSA) is 96.3 Å². The summed E-state index contributed by atoms with van der Waals surface area (Å²) in [4.78, 5) is 11.3. The van der Waals surface area contributed by atoms with Crippen LogP contribution in [0.2, 0.25) is 0 Å². The van der Waals surface area contributed by atoms with Crippen molar-refractivity contribution >= 4 is 16.0 Å². The van der Waals surface area contributed by atoms with Gasteiger partial charge >= 0.3 is 5.97 Å². The van der Waals surface area contributed by atoms with E-state index in [1.807, 2.05) is 6.07 Å². The third-order valence-electron chi connectivity index (χ3n) is 2.38. The number of methoxy groups -OCH3 is 1. The standard InChI is InChI=1S/C12H14N2O4S/c1-9(7-13)8-14-19(16,17)11-6-4-3-5-10(11)12(15)18-2/h3-6,9,14H,8H2,1-2H3. The minimum atomic E-state index is -3.85. The Balaban J connectivity index is 3.09. The van der Waals surface area contributed by atoms with Gasteiger partial charge < -0.3 is 4.74 Å². The van der Waals surface area contributed by atoms with E-state index in [-0.39, 0.29) is 17.0 Å². The molecule has 1 unspecified atom stereocenters. The Morgan fingerprint density at radius 3 is 2.68 bits per heavy atom. The van der Waals surface area contributed by atoms with Crippen molar-refractivity contribution in [2.24, 2.45) is 5.92 Å². The molecule has 0 bridgehead atoms. The van der Waals surface area contributed by atoms with E-state index in [9.17, 15) is 13.2 Å². The zero-order valence-electron chi connectivity index (χ0n) is 10.6. The summed E-state index contributed by atoms with van der Waals surface area (Å²) >= 11 is 0. The van der Waals surface area contributed by atoms with Crippen molar-refractivity contribution in [1.82, 2.24) is 4.72 Å². The summed E-state index contributed by atoms with van der Waals surface area (Å²) in [6.07, 6.45) is 0. The fourth-order valence-electron chi connectivity index (χ4n) is 1.34. The summed E-state index contributed by atoms with van der Waals surface area (Å²) in [5.41, 5.74) is -0.0397. The monoisotopic (exact) mass is 282 g/mol. The number of nitrogens with one attached hydrogen (secondary N) is 1. The van der Waals surface area contributed by atoms with E-state index in [1.165, 1.54) is 25.3 Å². The van der Waals surface area contributed by atoms with Gasteiger partial charge in [0.2, 0.25) is 10.0 Å². The SMILES string of the molecule is COC(=O)c1ccccc1S(=O)(=O)NCC(C)C#N. The fraction of sp³-hybridized carbons (Fsp3) is 0.333. The number of hydrogen-bond donors (Lipinski definition) is 1. The summed E-state index contributed by atoms with van der Waals surface area (Å²) in [7, 11) is -2.68. The van der Waals surface area contributed by atoms with Gasteiger partial charge in [-0.3, -0.25) is 0 Å². The summed E-state index contributed by atoms with van der Waals surface area (Å²) in [5.74, 6) is -1.19. The number of carbonyl (C=O) groups is 1. The number of carbonyl (C=O) groups excluding carboxylic acids is 1. The second kappa shape index (κ2) is 6.31. The third kappa shape index (κ3) is 3.77. The molecular formula is C12H14N2O4S. The first kappa shape index (κ1) is 15.1. The maximum absolute atomic E-state index is 12.1. The molecule has 1 aromatic carbocycles. The average molecular weight is 282 g/mol. The van der Waals surface area contributed by atoms with Crippen molar-refractivity contribution in [3.8, 4) is 6.07 Å². The first-order chi connectivity index (χ1) is 8.92. The highest BCUT2D eigenvalue weighted by molar-refractivity contribution is 7.89. The van der Waals surface area contributed by atoms with Gasteiger partial charge in [0.15, 0.2) is 0 Å². The highest BCUT2D eigenvalue weighted by atomic mass is 32.2. The highest BCUT2D eigenvalue weighted by Crippen LogP contribution is 2.16. The van der Waals surface area contributed by atoms with Crippen LogP contribution in [0.4, 0.5) is 0 Å². The second-order valence-corrected chi connectivity index (χ2v) is 5.61. The Morgan fingerprint density at radius 1 is 1.47 bits per heavy atom. The molecule has 1 rings (SSSR count). The highest BCUT2D eigenvalue weighted by Gasteiger charge is 2.22. The molecule has 6 nitrogen and oxygen atoms in total. The van der Waals surface area contributed by atoms with Gasteiger partial charge in [0, 0.05) is 6.54 Å². The van der Waals surface area contributed by atoms with Crippen molar-refractivity contribution in [2.45, 2.75) is 11.8 Å². The minimum Gasteiger partial charge on any atom is -0.465 e. The van der Waals surface area contributed by atoms with Crippen molar-refractivity contribution in [3.63, 3.8) is 0 Å². The van der Waals surface area contributed by atoms with Crippen molar-refractivity contribution in [2.75, 3.05) is 13.7 Å². The van der Waals surface area contributed by atoms with Crippen molar-refractivity contribution in [1.29, 1.82) is 5.26 Å². The molecule has 0 saturated carbocycles. The van der Waals surface area contributed by atoms with E-state index in [1.54, 1.807) is 13.0 Å². The van der Waals surface area contributed by atoms with Gasteiger partial charge in [0.05, 0.1) is 29.6 Å². The normalized spacial score (nSPS) is 12.5. The number of hydrogen-bond acceptors (Lipinski definition) is 5. The second-order valence-electron chi connectivity index (χ2n) is 3.87. The van der Waals surface area contributed by atoms with E-state index < -0.39 is 21.9 Å². The van der Waals surface area contributed by atoms with Crippen LogP contribution in [0.1, 0.15) is 17.3 Å². The lowest BCUT2D eigenvalue weighted by Crippen LogP contribution is -2.29. The van der Waals surface area contributed by atoms with Crippen LogP contribution in [0.25, 0.3) is 0 Å². The molecule has 0 amide bonds. The molecule has 19 heavy (non-hydrogen) atoms. The summed E-state index contributed by atoms with van der Waals surface area (Å²) in [5, 5.41) is 8.62. The van der Waals surface area contributed by atoms with Gasteiger partial charge in [-0.15, -0.1) is 0 Å². The zero-order chi connectivity index (χ0) is 14.5. The lowest BCUT2D eigenvalue weighted by molar-refractivity contribution is 0.0596. The van der Waals surface area contributed by atoms with Crippen LogP contribution in [0.5, 0.6) is 0 Å². The lowest BCUT2D eigenvalue weighted by atomic mass is 10.2. The zero-order valence-corrected chi connectivity index (χ0v) is 11.4. The quantitative estimate of drug-likeness (QED) is 0.810. The Morgan fingerprint density at radius 2 is 2.11 bits per heavy atom. The fourth-order valence-corrected chi connectivity index (χ4v) is 2.66. The molecule has 0 aromatic heterocycles. The maximum atomic E-state index is 12.1. The molecule has 0 fully saturated rings.